The molecule has 8 heteroatoms. The van der Waals surface area contributed by atoms with Gasteiger partial charge in [0.2, 0.25) is 16.0 Å². The van der Waals surface area contributed by atoms with Gasteiger partial charge in [0.1, 0.15) is 0 Å². The zero-order valence-corrected chi connectivity index (χ0v) is 18.4. The van der Waals surface area contributed by atoms with Crippen molar-refractivity contribution in [2.45, 2.75) is 64.6 Å². The van der Waals surface area contributed by atoms with E-state index in [1.165, 1.54) is 30.0 Å². The first-order chi connectivity index (χ1) is 14.5. The molecule has 2 heterocycles. The lowest BCUT2D eigenvalue weighted by Gasteiger charge is -2.34. The Kier molecular flexibility index (Phi) is 6.43. The highest BCUT2D eigenvalue weighted by Crippen LogP contribution is 2.35. The van der Waals surface area contributed by atoms with E-state index in [1.807, 2.05) is 31.2 Å². The number of anilines is 1. The fourth-order valence-electron chi connectivity index (χ4n) is 4.89. The monoisotopic (exact) mass is 434 g/mol. The zero-order valence-electron chi connectivity index (χ0n) is 17.6. The van der Waals surface area contributed by atoms with Crippen molar-refractivity contribution in [1.29, 1.82) is 0 Å². The minimum atomic E-state index is -3.93. The van der Waals surface area contributed by atoms with E-state index in [-0.39, 0.29) is 12.6 Å². The van der Waals surface area contributed by atoms with Crippen LogP contribution in [0, 0.1) is 12.8 Å². The van der Waals surface area contributed by atoms with Gasteiger partial charge in [0.05, 0.1) is 18.6 Å². The van der Waals surface area contributed by atoms with Gasteiger partial charge in [0.15, 0.2) is 0 Å². The minimum Gasteiger partial charge on any atom is -0.361 e. The van der Waals surface area contributed by atoms with E-state index in [2.05, 4.69) is 14.9 Å². The Morgan fingerprint density at radius 2 is 1.97 bits per heavy atom. The number of aromatic amines is 1. The molecular weight excluding hydrogens is 403 g/mol. The number of aryl methyl sites for hydroxylation is 1. The lowest BCUT2D eigenvalue weighted by Crippen LogP contribution is -2.44. The van der Waals surface area contributed by atoms with Gasteiger partial charge in [0, 0.05) is 30.5 Å². The molecule has 30 heavy (non-hydrogen) atoms. The molecule has 0 radical (unpaired) electrons. The second kappa shape index (κ2) is 9.06. The number of hydrogen-bond acceptors (Lipinski definition) is 4. The van der Waals surface area contributed by atoms with Crippen molar-refractivity contribution in [3.63, 3.8) is 0 Å². The lowest BCUT2D eigenvalue weighted by atomic mass is 9.97. The molecule has 0 saturated heterocycles. The number of halogens is 1. The molecule has 1 aromatic heterocycles. The van der Waals surface area contributed by atoms with Gasteiger partial charge in [-0.2, -0.15) is 4.31 Å². The number of para-hydroxylation sites is 1. The lowest BCUT2D eigenvalue weighted by molar-refractivity contribution is 0.344. The summed E-state index contributed by atoms with van der Waals surface area (Å²) < 4.78 is 39.8. The normalized spacial score (nSPS) is 21.0. The third-order valence-corrected chi connectivity index (χ3v) is 8.01. The van der Waals surface area contributed by atoms with E-state index in [1.54, 1.807) is 6.33 Å². The quantitative estimate of drug-likeness (QED) is 0.711. The number of aromatic nitrogens is 2. The average Bonchev–Trinajstić information content (AvgIpc) is 3.37. The standard InChI is InChI=1S/C22H31FN4O2S/c1-17-21(25-16-24-17)14-27-20(11-10-18-6-2-3-7-18)13-26(30(28,29)15-23)12-19-8-4-5-9-22(19)27/h4-5,8-9,16,18,20H,2-3,6-7,10-15H2,1H3,(H,24,25)/t20-/m1/s1. The van der Waals surface area contributed by atoms with Crippen LogP contribution in [0.3, 0.4) is 0 Å². The molecule has 0 amide bonds. The molecule has 6 nitrogen and oxygen atoms in total. The molecule has 1 fully saturated rings. The number of fused-ring (bicyclic) bond motifs is 1. The summed E-state index contributed by atoms with van der Waals surface area (Å²) in [7, 11) is -3.93. The molecule has 1 atom stereocenters. The summed E-state index contributed by atoms with van der Waals surface area (Å²) in [4.78, 5) is 9.91. The Morgan fingerprint density at radius 3 is 2.67 bits per heavy atom. The predicted octanol–water partition coefficient (Wildman–Crippen LogP) is 4.14. The van der Waals surface area contributed by atoms with E-state index in [4.69, 9.17) is 0 Å². The Hall–Kier alpha value is -1.93. The third kappa shape index (κ3) is 4.54. The van der Waals surface area contributed by atoms with Gasteiger partial charge >= 0.3 is 0 Å². The maximum absolute atomic E-state index is 13.4. The van der Waals surface area contributed by atoms with E-state index in [9.17, 15) is 12.8 Å². The van der Waals surface area contributed by atoms with E-state index in [0.717, 1.165) is 35.5 Å². The van der Waals surface area contributed by atoms with Crippen molar-refractivity contribution >= 4 is 15.7 Å². The second-order valence-electron chi connectivity index (χ2n) is 8.63. The number of H-pyrrole nitrogens is 1. The van der Waals surface area contributed by atoms with Crippen molar-refractivity contribution in [2.75, 3.05) is 17.5 Å². The fourth-order valence-corrected chi connectivity index (χ4v) is 5.76. The molecule has 1 N–H and O–H groups in total. The second-order valence-corrected chi connectivity index (χ2v) is 10.5. The summed E-state index contributed by atoms with van der Waals surface area (Å²) >= 11 is 0. The Labute approximate surface area is 178 Å². The highest BCUT2D eigenvalue weighted by molar-refractivity contribution is 7.88. The first-order valence-corrected chi connectivity index (χ1v) is 12.5. The number of imidazole rings is 1. The highest BCUT2D eigenvalue weighted by atomic mass is 32.2. The molecule has 1 aliphatic carbocycles. The highest BCUT2D eigenvalue weighted by Gasteiger charge is 2.34. The summed E-state index contributed by atoms with van der Waals surface area (Å²) in [6, 6.07) is 6.51. The number of rotatable bonds is 7. The van der Waals surface area contributed by atoms with Crippen LogP contribution in [0.4, 0.5) is 10.1 Å². The number of benzene rings is 1. The maximum atomic E-state index is 13.4. The molecule has 1 saturated carbocycles. The van der Waals surface area contributed by atoms with Gasteiger partial charge in [-0.3, -0.25) is 0 Å². The van der Waals surface area contributed by atoms with Crippen LogP contribution in [0.5, 0.6) is 0 Å². The third-order valence-electron chi connectivity index (χ3n) is 6.67. The van der Waals surface area contributed by atoms with Crippen LogP contribution in [0.15, 0.2) is 30.6 Å². The first-order valence-electron chi connectivity index (χ1n) is 10.8. The van der Waals surface area contributed by atoms with Crippen LogP contribution < -0.4 is 4.90 Å². The van der Waals surface area contributed by atoms with E-state index in [0.29, 0.717) is 19.0 Å². The molecule has 0 unspecified atom stereocenters. The van der Waals surface area contributed by atoms with Crippen LogP contribution >= 0.6 is 0 Å². The summed E-state index contributed by atoms with van der Waals surface area (Å²) in [6.07, 6.45) is 8.75. The van der Waals surface area contributed by atoms with Gasteiger partial charge in [-0.25, -0.2) is 17.8 Å². The van der Waals surface area contributed by atoms with E-state index >= 15 is 0 Å². The van der Waals surface area contributed by atoms with Crippen molar-refractivity contribution in [2.24, 2.45) is 5.92 Å². The van der Waals surface area contributed by atoms with Gasteiger partial charge < -0.3 is 9.88 Å². The van der Waals surface area contributed by atoms with Gasteiger partial charge in [-0.15, -0.1) is 0 Å². The SMILES string of the molecule is Cc1[nH]cnc1CN1c2ccccc2CN(S(=O)(=O)CF)C[C@H]1CCC1CCCC1. The van der Waals surface area contributed by atoms with Gasteiger partial charge in [0.25, 0.3) is 0 Å². The molecular formula is C22H31FN4O2S. The maximum Gasteiger partial charge on any atom is 0.243 e. The average molecular weight is 435 g/mol. The van der Waals surface area contributed by atoms with Crippen LogP contribution in [-0.2, 0) is 23.1 Å². The number of nitrogens with zero attached hydrogens (tertiary/aromatic N) is 3. The zero-order chi connectivity index (χ0) is 21.1. The smallest absolute Gasteiger partial charge is 0.243 e. The predicted molar refractivity (Wildman–Crippen MR) is 116 cm³/mol. The molecule has 1 aromatic carbocycles. The number of alkyl halides is 1. The van der Waals surface area contributed by atoms with Crippen molar-refractivity contribution < 1.29 is 12.8 Å². The summed E-state index contributed by atoms with van der Waals surface area (Å²) in [5, 5.41) is 0. The topological polar surface area (TPSA) is 69.3 Å². The van der Waals surface area contributed by atoms with Crippen molar-refractivity contribution in [1.82, 2.24) is 14.3 Å². The Bertz CT molecular complexity index is 956. The summed E-state index contributed by atoms with van der Waals surface area (Å²) in [6.45, 7) is 3.11. The van der Waals surface area contributed by atoms with Crippen LogP contribution in [0.25, 0.3) is 0 Å². The number of hydrogen-bond donors (Lipinski definition) is 1. The van der Waals surface area contributed by atoms with Crippen LogP contribution in [-0.4, -0.2) is 41.3 Å². The first kappa shape index (κ1) is 21.3. The molecule has 2 aliphatic rings. The minimum absolute atomic E-state index is 0.0216. The largest absolute Gasteiger partial charge is 0.361 e. The van der Waals surface area contributed by atoms with Crippen LogP contribution in [0.2, 0.25) is 0 Å². The molecule has 4 rings (SSSR count). The molecule has 0 bridgehead atoms. The summed E-state index contributed by atoms with van der Waals surface area (Å²) in [5.41, 5.74) is 3.90. The Balaban J connectivity index is 1.69. The van der Waals surface area contributed by atoms with Crippen LogP contribution in [0.1, 0.15) is 55.5 Å². The number of sulfonamides is 1. The van der Waals surface area contributed by atoms with Gasteiger partial charge in [-0.1, -0.05) is 43.9 Å². The summed E-state index contributed by atoms with van der Waals surface area (Å²) in [5.74, 6) is 0.712. The van der Waals surface area contributed by atoms with E-state index < -0.39 is 16.0 Å². The number of nitrogens with one attached hydrogen (secondary N) is 1. The Morgan fingerprint density at radius 1 is 1.20 bits per heavy atom. The molecule has 0 spiro atoms. The molecule has 2 aromatic rings. The van der Waals surface area contributed by atoms with Crippen molar-refractivity contribution in [3.05, 3.63) is 47.5 Å². The van der Waals surface area contributed by atoms with Crippen molar-refractivity contribution in [3.8, 4) is 0 Å². The molecule has 1 aliphatic heterocycles. The van der Waals surface area contributed by atoms with Gasteiger partial charge in [-0.05, 0) is 37.3 Å². The molecule has 164 valence electrons. The fraction of sp³-hybridized carbons (Fsp3) is 0.591.